The highest BCUT2D eigenvalue weighted by Crippen LogP contribution is 2.28. The van der Waals surface area contributed by atoms with Crippen molar-refractivity contribution in [2.75, 3.05) is 18.0 Å². The maximum Gasteiger partial charge on any atom is 0.298 e. The Morgan fingerprint density at radius 1 is 1.21 bits per heavy atom. The molecule has 0 bridgehead atoms. The zero-order valence-electron chi connectivity index (χ0n) is 14.9. The van der Waals surface area contributed by atoms with E-state index in [0.717, 1.165) is 36.6 Å². The van der Waals surface area contributed by atoms with Crippen LogP contribution in [0.5, 0.6) is 0 Å². The van der Waals surface area contributed by atoms with Crippen molar-refractivity contribution >= 4 is 27.1 Å². The Bertz CT molecular complexity index is 1070. The Labute approximate surface area is 161 Å². The molecular weight excluding hydrogens is 388 g/mol. The van der Waals surface area contributed by atoms with Crippen molar-refractivity contribution in [1.82, 2.24) is 9.71 Å². The highest BCUT2D eigenvalue weighted by molar-refractivity contribution is 7.88. The number of oxazole rings is 1. The number of sulfonamides is 1. The summed E-state index contributed by atoms with van der Waals surface area (Å²) < 4.78 is 60.0. The zero-order valence-corrected chi connectivity index (χ0v) is 15.8. The Morgan fingerprint density at radius 3 is 2.86 bits per heavy atom. The fraction of sp³-hybridized carbons (Fsp3) is 0.316. The fourth-order valence-corrected chi connectivity index (χ4v) is 4.59. The first-order valence-electron chi connectivity index (χ1n) is 8.95. The van der Waals surface area contributed by atoms with E-state index in [0.29, 0.717) is 18.1 Å². The standard InChI is InChI=1S/C19H19F2N3O3S/c20-14-7-8-16(21)13(10-14)12-28(25,26)22-11-15-4-3-9-24(15)19-23-17-5-1-2-6-18(17)27-19/h1-2,5-8,10,15,22H,3-4,9,11-12H2. The van der Waals surface area contributed by atoms with Gasteiger partial charge in [-0.25, -0.2) is 21.9 Å². The summed E-state index contributed by atoms with van der Waals surface area (Å²) in [4.78, 5) is 6.41. The summed E-state index contributed by atoms with van der Waals surface area (Å²) in [6.07, 6.45) is 1.65. The van der Waals surface area contributed by atoms with Crippen molar-refractivity contribution in [3.63, 3.8) is 0 Å². The molecule has 0 amide bonds. The number of anilines is 1. The molecule has 4 rings (SSSR count). The molecule has 1 unspecified atom stereocenters. The van der Waals surface area contributed by atoms with Crippen molar-refractivity contribution in [1.29, 1.82) is 0 Å². The zero-order chi connectivity index (χ0) is 19.7. The molecule has 0 radical (unpaired) electrons. The first-order valence-corrected chi connectivity index (χ1v) is 10.6. The van der Waals surface area contributed by atoms with Crippen LogP contribution < -0.4 is 9.62 Å². The predicted molar refractivity (Wildman–Crippen MR) is 101 cm³/mol. The molecule has 2 heterocycles. The highest BCUT2D eigenvalue weighted by atomic mass is 32.2. The van der Waals surface area contributed by atoms with E-state index in [1.807, 2.05) is 29.2 Å². The molecule has 0 saturated carbocycles. The summed E-state index contributed by atoms with van der Waals surface area (Å²) in [5.41, 5.74) is 1.21. The lowest BCUT2D eigenvalue weighted by Crippen LogP contribution is -2.40. The third-order valence-electron chi connectivity index (χ3n) is 4.80. The number of nitrogens with one attached hydrogen (secondary N) is 1. The van der Waals surface area contributed by atoms with Crippen LogP contribution in [0.1, 0.15) is 18.4 Å². The minimum absolute atomic E-state index is 0.125. The Hall–Kier alpha value is -2.52. The van der Waals surface area contributed by atoms with Gasteiger partial charge in [0.15, 0.2) is 5.58 Å². The van der Waals surface area contributed by atoms with Gasteiger partial charge >= 0.3 is 0 Å². The summed E-state index contributed by atoms with van der Waals surface area (Å²) in [6.45, 7) is 0.843. The monoisotopic (exact) mass is 407 g/mol. The number of halogens is 2. The molecule has 1 saturated heterocycles. The lowest BCUT2D eigenvalue weighted by atomic mass is 10.2. The van der Waals surface area contributed by atoms with Gasteiger partial charge in [0.1, 0.15) is 17.2 Å². The molecule has 28 heavy (non-hydrogen) atoms. The number of benzene rings is 2. The number of fused-ring (bicyclic) bond motifs is 1. The average molecular weight is 407 g/mol. The lowest BCUT2D eigenvalue weighted by molar-refractivity contribution is 0.532. The number of hydrogen-bond donors (Lipinski definition) is 1. The molecule has 1 aliphatic heterocycles. The van der Waals surface area contributed by atoms with Gasteiger partial charge in [0.2, 0.25) is 10.0 Å². The van der Waals surface area contributed by atoms with E-state index in [2.05, 4.69) is 9.71 Å². The van der Waals surface area contributed by atoms with Crippen molar-refractivity contribution in [2.24, 2.45) is 0 Å². The van der Waals surface area contributed by atoms with Crippen LogP contribution in [0.3, 0.4) is 0 Å². The van der Waals surface area contributed by atoms with Crippen LogP contribution in [-0.2, 0) is 15.8 Å². The molecule has 2 aromatic carbocycles. The number of aromatic nitrogens is 1. The lowest BCUT2D eigenvalue weighted by Gasteiger charge is -2.23. The molecule has 1 atom stereocenters. The van der Waals surface area contributed by atoms with E-state index in [9.17, 15) is 17.2 Å². The van der Waals surface area contributed by atoms with Gasteiger partial charge in [-0.15, -0.1) is 0 Å². The van der Waals surface area contributed by atoms with Crippen molar-refractivity contribution in [3.05, 3.63) is 59.7 Å². The van der Waals surface area contributed by atoms with Crippen LogP contribution in [0.25, 0.3) is 11.1 Å². The van der Waals surface area contributed by atoms with Gasteiger partial charge in [-0.05, 0) is 43.2 Å². The maximum absolute atomic E-state index is 13.7. The Kier molecular flexibility index (Phi) is 5.03. The number of hydrogen-bond acceptors (Lipinski definition) is 5. The van der Waals surface area contributed by atoms with Crippen molar-refractivity contribution in [3.8, 4) is 0 Å². The third kappa shape index (κ3) is 4.00. The van der Waals surface area contributed by atoms with Crippen LogP contribution in [0, 0.1) is 11.6 Å². The maximum atomic E-state index is 13.7. The molecule has 1 aromatic heterocycles. The fourth-order valence-electron chi connectivity index (χ4n) is 3.42. The second-order valence-electron chi connectivity index (χ2n) is 6.80. The number of rotatable bonds is 6. The molecular formula is C19H19F2N3O3S. The molecule has 9 heteroatoms. The van der Waals surface area contributed by atoms with Gasteiger partial charge in [-0.1, -0.05) is 12.1 Å². The van der Waals surface area contributed by atoms with Crippen LogP contribution >= 0.6 is 0 Å². The van der Waals surface area contributed by atoms with E-state index in [1.165, 1.54) is 0 Å². The van der Waals surface area contributed by atoms with Crippen LogP contribution in [-0.4, -0.2) is 32.5 Å². The minimum atomic E-state index is -3.83. The summed E-state index contributed by atoms with van der Waals surface area (Å²) in [5, 5.41) is 0. The quantitative estimate of drug-likeness (QED) is 0.679. The Balaban J connectivity index is 1.45. The smallest absolute Gasteiger partial charge is 0.298 e. The van der Waals surface area contributed by atoms with Crippen LogP contribution in [0.2, 0.25) is 0 Å². The summed E-state index contributed by atoms with van der Waals surface area (Å²) in [6, 6.07) is 10.5. The molecule has 3 aromatic rings. The predicted octanol–water partition coefficient (Wildman–Crippen LogP) is 3.19. The highest BCUT2D eigenvalue weighted by Gasteiger charge is 2.29. The first-order chi connectivity index (χ1) is 13.4. The molecule has 1 N–H and O–H groups in total. The van der Waals surface area contributed by atoms with Gasteiger partial charge in [-0.3, -0.25) is 0 Å². The van der Waals surface area contributed by atoms with E-state index >= 15 is 0 Å². The molecule has 1 fully saturated rings. The third-order valence-corrected chi connectivity index (χ3v) is 6.10. The minimum Gasteiger partial charge on any atom is -0.423 e. The van der Waals surface area contributed by atoms with Crippen molar-refractivity contribution in [2.45, 2.75) is 24.6 Å². The van der Waals surface area contributed by atoms with Gasteiger partial charge in [0.25, 0.3) is 6.01 Å². The molecule has 148 valence electrons. The summed E-state index contributed by atoms with van der Waals surface area (Å²) >= 11 is 0. The van der Waals surface area contributed by atoms with E-state index in [1.54, 1.807) is 0 Å². The summed E-state index contributed by atoms with van der Waals surface area (Å²) in [7, 11) is -3.83. The molecule has 0 aliphatic carbocycles. The van der Waals surface area contributed by atoms with Gasteiger partial charge < -0.3 is 9.32 Å². The van der Waals surface area contributed by atoms with Gasteiger partial charge in [0.05, 0.1) is 5.75 Å². The first kappa shape index (κ1) is 18.8. The normalized spacial score (nSPS) is 17.5. The molecule has 0 spiro atoms. The van der Waals surface area contributed by atoms with Gasteiger partial charge in [-0.2, -0.15) is 4.98 Å². The van der Waals surface area contributed by atoms with Crippen LogP contribution in [0.4, 0.5) is 14.8 Å². The molecule has 6 nitrogen and oxygen atoms in total. The van der Waals surface area contributed by atoms with E-state index < -0.39 is 27.4 Å². The number of para-hydroxylation sites is 2. The van der Waals surface area contributed by atoms with Crippen LogP contribution in [0.15, 0.2) is 46.9 Å². The SMILES string of the molecule is O=S(=O)(Cc1cc(F)ccc1F)NCC1CCCN1c1nc2ccccc2o1. The average Bonchev–Trinajstić information content (AvgIpc) is 3.29. The largest absolute Gasteiger partial charge is 0.423 e. The topological polar surface area (TPSA) is 75.4 Å². The second kappa shape index (κ2) is 7.48. The van der Waals surface area contributed by atoms with E-state index in [4.69, 9.17) is 4.42 Å². The molecule has 1 aliphatic rings. The summed E-state index contributed by atoms with van der Waals surface area (Å²) in [5.74, 6) is -2.04. The Morgan fingerprint density at radius 2 is 2.04 bits per heavy atom. The van der Waals surface area contributed by atoms with Crippen molar-refractivity contribution < 1.29 is 21.6 Å². The number of nitrogens with zero attached hydrogens (tertiary/aromatic N) is 2. The second-order valence-corrected chi connectivity index (χ2v) is 8.60. The van der Waals surface area contributed by atoms with Gasteiger partial charge in [0, 0.05) is 24.7 Å². The van der Waals surface area contributed by atoms with E-state index in [-0.39, 0.29) is 18.2 Å².